The van der Waals surface area contributed by atoms with Crippen molar-refractivity contribution >= 4 is 23.6 Å². The second kappa shape index (κ2) is 12.2. The van der Waals surface area contributed by atoms with Crippen molar-refractivity contribution in [2.45, 2.75) is 92.9 Å². The van der Waals surface area contributed by atoms with Crippen LogP contribution >= 0.6 is 0 Å². The Morgan fingerprint density at radius 2 is 1.05 bits per heavy atom. The molecule has 7 nitrogen and oxygen atoms in total. The fraction of sp³-hybridized carbons (Fsp3) is 0.486. The summed E-state index contributed by atoms with van der Waals surface area (Å²) in [6.07, 6.45) is 2.02. The molecule has 0 unspecified atom stereocenters. The van der Waals surface area contributed by atoms with Crippen molar-refractivity contribution in [1.82, 2.24) is 9.97 Å². The van der Waals surface area contributed by atoms with E-state index in [1.54, 1.807) is 0 Å². The molecule has 0 aliphatic rings. The van der Waals surface area contributed by atoms with Crippen molar-refractivity contribution in [1.29, 1.82) is 0 Å². The first kappa shape index (κ1) is 32.8. The number of carbonyl (C=O) groups excluding carboxylic acids is 2. The molecule has 2 amide bonds. The first-order chi connectivity index (χ1) is 19.3. The van der Waals surface area contributed by atoms with Crippen molar-refractivity contribution in [2.24, 2.45) is 10.8 Å². The van der Waals surface area contributed by atoms with Gasteiger partial charge in [-0.05, 0) is 69.9 Å². The third kappa shape index (κ3) is 9.13. The fourth-order valence-electron chi connectivity index (χ4n) is 6.01. The SMILES string of the molecule is COc1cc(NC(=O)c2ccc(C(C)(C)CC(C)(C)C)cc2)nc(NC(=O)c2ccc(C(C)(C)CC(C)(C)C)cc2)n1. The summed E-state index contributed by atoms with van der Waals surface area (Å²) in [6.45, 7) is 22.3. The molecule has 226 valence electrons. The third-order valence-corrected chi connectivity index (χ3v) is 7.18. The van der Waals surface area contributed by atoms with E-state index in [2.05, 4.69) is 89.8 Å². The first-order valence-electron chi connectivity index (χ1n) is 14.5. The molecule has 1 heterocycles. The summed E-state index contributed by atoms with van der Waals surface area (Å²) in [4.78, 5) is 34.7. The highest BCUT2D eigenvalue weighted by Crippen LogP contribution is 2.37. The highest BCUT2D eigenvalue weighted by atomic mass is 16.5. The van der Waals surface area contributed by atoms with Gasteiger partial charge in [-0.2, -0.15) is 9.97 Å². The molecule has 0 saturated carbocycles. The van der Waals surface area contributed by atoms with Gasteiger partial charge in [0.2, 0.25) is 11.8 Å². The molecule has 0 aliphatic heterocycles. The quantitative estimate of drug-likeness (QED) is 0.268. The predicted octanol–water partition coefficient (Wildman–Crippen LogP) is 8.42. The van der Waals surface area contributed by atoms with Crippen LogP contribution in [0.1, 0.15) is 114 Å². The molecule has 0 saturated heterocycles. The van der Waals surface area contributed by atoms with Crippen LogP contribution in [0.15, 0.2) is 54.6 Å². The molecule has 0 aliphatic carbocycles. The molecule has 0 atom stereocenters. The molecule has 3 aromatic rings. The standard InChI is InChI=1S/C35H48N4O3/c1-32(2,3)21-34(7,8)25-16-12-23(13-17-25)29(40)36-27-20-28(42-11)38-31(37-27)39-30(41)24-14-18-26(19-15-24)35(9,10)22-33(4,5)6/h12-20H,21-22H2,1-11H3,(H2,36,37,38,39,40,41). The maximum Gasteiger partial charge on any atom is 0.258 e. The Morgan fingerprint density at radius 1 is 0.643 bits per heavy atom. The van der Waals surface area contributed by atoms with Crippen molar-refractivity contribution in [3.63, 3.8) is 0 Å². The normalized spacial score (nSPS) is 12.5. The second-order valence-electron chi connectivity index (χ2n) is 14.9. The Kier molecular flexibility index (Phi) is 9.55. The minimum atomic E-state index is -0.353. The lowest BCUT2D eigenvalue weighted by Crippen LogP contribution is -2.25. The van der Waals surface area contributed by atoms with E-state index in [0.717, 1.165) is 12.8 Å². The van der Waals surface area contributed by atoms with Gasteiger partial charge in [0.1, 0.15) is 5.82 Å². The molecule has 2 N–H and O–H groups in total. The van der Waals surface area contributed by atoms with Gasteiger partial charge in [0.25, 0.3) is 11.8 Å². The number of carbonyl (C=O) groups is 2. The van der Waals surface area contributed by atoms with Crippen LogP contribution in [0.3, 0.4) is 0 Å². The number of benzene rings is 2. The highest BCUT2D eigenvalue weighted by Gasteiger charge is 2.28. The number of hydrogen-bond donors (Lipinski definition) is 2. The van der Waals surface area contributed by atoms with Crippen LogP contribution in [-0.4, -0.2) is 28.9 Å². The predicted molar refractivity (Wildman–Crippen MR) is 172 cm³/mol. The number of amides is 2. The maximum atomic E-state index is 13.1. The molecule has 2 aromatic carbocycles. The molecule has 0 bridgehead atoms. The van der Waals surface area contributed by atoms with Crippen LogP contribution in [0, 0.1) is 10.8 Å². The van der Waals surface area contributed by atoms with Crippen LogP contribution in [-0.2, 0) is 10.8 Å². The van der Waals surface area contributed by atoms with Gasteiger partial charge in [-0.3, -0.25) is 14.9 Å². The Morgan fingerprint density at radius 3 is 1.43 bits per heavy atom. The van der Waals surface area contributed by atoms with E-state index in [0.29, 0.717) is 11.1 Å². The van der Waals surface area contributed by atoms with Gasteiger partial charge >= 0.3 is 0 Å². The topological polar surface area (TPSA) is 93.2 Å². The lowest BCUT2D eigenvalue weighted by atomic mass is 9.72. The van der Waals surface area contributed by atoms with E-state index in [1.165, 1.54) is 24.3 Å². The van der Waals surface area contributed by atoms with E-state index in [4.69, 9.17) is 4.74 Å². The molecule has 0 spiro atoms. The summed E-state index contributed by atoms with van der Waals surface area (Å²) in [7, 11) is 1.47. The number of methoxy groups -OCH3 is 1. The van der Waals surface area contributed by atoms with Crippen LogP contribution in [0.4, 0.5) is 11.8 Å². The van der Waals surface area contributed by atoms with E-state index < -0.39 is 0 Å². The third-order valence-electron chi connectivity index (χ3n) is 7.18. The zero-order chi connectivity index (χ0) is 31.5. The Labute approximate surface area is 251 Å². The zero-order valence-corrected chi connectivity index (χ0v) is 27.2. The molecule has 0 fully saturated rings. The van der Waals surface area contributed by atoms with Crippen molar-refractivity contribution in [2.75, 3.05) is 17.7 Å². The maximum absolute atomic E-state index is 13.1. The van der Waals surface area contributed by atoms with E-state index in [-0.39, 0.29) is 51.1 Å². The van der Waals surface area contributed by atoms with E-state index in [1.807, 2.05) is 48.5 Å². The Balaban J connectivity index is 1.73. The summed E-state index contributed by atoms with van der Waals surface area (Å²) in [5.41, 5.74) is 3.65. The van der Waals surface area contributed by atoms with Gasteiger partial charge in [-0.15, -0.1) is 0 Å². The van der Waals surface area contributed by atoms with Gasteiger partial charge in [-0.1, -0.05) is 93.5 Å². The lowest BCUT2D eigenvalue weighted by Gasteiger charge is -2.33. The van der Waals surface area contributed by atoms with Crippen LogP contribution in [0.25, 0.3) is 0 Å². The van der Waals surface area contributed by atoms with Crippen LogP contribution in [0.2, 0.25) is 0 Å². The largest absolute Gasteiger partial charge is 0.481 e. The van der Waals surface area contributed by atoms with Crippen molar-refractivity contribution < 1.29 is 14.3 Å². The molecule has 0 radical (unpaired) electrons. The average Bonchev–Trinajstić information content (AvgIpc) is 2.86. The van der Waals surface area contributed by atoms with Crippen molar-refractivity contribution in [3.05, 3.63) is 76.9 Å². The molecular weight excluding hydrogens is 524 g/mol. The zero-order valence-electron chi connectivity index (χ0n) is 27.2. The highest BCUT2D eigenvalue weighted by molar-refractivity contribution is 6.05. The fourth-order valence-corrected chi connectivity index (χ4v) is 6.01. The minimum Gasteiger partial charge on any atom is -0.481 e. The smallest absolute Gasteiger partial charge is 0.258 e. The number of rotatable bonds is 9. The number of aromatic nitrogens is 2. The Hall–Kier alpha value is -3.74. The number of ether oxygens (including phenoxy) is 1. The van der Waals surface area contributed by atoms with E-state index in [9.17, 15) is 9.59 Å². The average molecular weight is 573 g/mol. The van der Waals surface area contributed by atoms with Crippen LogP contribution in [0.5, 0.6) is 5.88 Å². The summed E-state index contributed by atoms with van der Waals surface area (Å²) in [5, 5.41) is 5.54. The lowest BCUT2D eigenvalue weighted by molar-refractivity contribution is 0.101. The minimum absolute atomic E-state index is 0.0245. The number of hydrogen-bond acceptors (Lipinski definition) is 5. The molecule has 7 heteroatoms. The monoisotopic (exact) mass is 572 g/mol. The number of nitrogens with zero attached hydrogens (tertiary/aromatic N) is 2. The summed E-state index contributed by atoms with van der Waals surface area (Å²) in [5.74, 6) is -0.199. The van der Waals surface area contributed by atoms with Gasteiger partial charge in [0, 0.05) is 17.2 Å². The van der Waals surface area contributed by atoms with Gasteiger partial charge in [-0.25, -0.2) is 0 Å². The van der Waals surface area contributed by atoms with Crippen molar-refractivity contribution in [3.8, 4) is 5.88 Å². The molecule has 42 heavy (non-hydrogen) atoms. The van der Waals surface area contributed by atoms with Gasteiger partial charge < -0.3 is 10.1 Å². The second-order valence-corrected chi connectivity index (χ2v) is 14.9. The van der Waals surface area contributed by atoms with E-state index >= 15 is 0 Å². The van der Waals surface area contributed by atoms with Gasteiger partial charge in [0.15, 0.2) is 0 Å². The summed E-state index contributed by atoms with van der Waals surface area (Å²) >= 11 is 0. The van der Waals surface area contributed by atoms with Gasteiger partial charge in [0.05, 0.1) is 7.11 Å². The van der Waals surface area contributed by atoms with Crippen LogP contribution < -0.4 is 15.4 Å². The summed E-state index contributed by atoms with van der Waals surface area (Å²) < 4.78 is 5.30. The molecule has 1 aromatic heterocycles. The number of nitrogens with one attached hydrogen (secondary N) is 2. The molecular formula is C35H48N4O3. The number of anilines is 2. The molecule has 3 rings (SSSR count). The summed E-state index contributed by atoms with van der Waals surface area (Å²) in [6, 6.07) is 16.8. The first-order valence-corrected chi connectivity index (χ1v) is 14.5. The Bertz CT molecular complexity index is 1290.